The zero-order valence-corrected chi connectivity index (χ0v) is 18.5. The van der Waals surface area contributed by atoms with Crippen molar-refractivity contribution in [3.8, 4) is 5.75 Å². The molecular formula is C27H30N2O2. The van der Waals surface area contributed by atoms with E-state index in [0.717, 1.165) is 35.4 Å². The molecule has 4 nitrogen and oxygen atoms in total. The minimum atomic E-state index is 0.655. The summed E-state index contributed by atoms with van der Waals surface area (Å²) in [4.78, 5) is 2.10. The first-order valence-electron chi connectivity index (χ1n) is 10.6. The van der Waals surface area contributed by atoms with Crippen LogP contribution in [-0.4, -0.2) is 43.6 Å². The van der Waals surface area contributed by atoms with Gasteiger partial charge in [0.15, 0.2) is 0 Å². The van der Waals surface area contributed by atoms with E-state index in [2.05, 4.69) is 65.5 Å². The standard InChI is InChI=1S/C27H30N2O2/c1-4-26(22-10-6-5-7-11-22)27(24-12-8-9-21(19-24)20-28-30)23-13-15-25(16-14-23)31-18-17-29(2)3/h5-16,19-20,30H,4,17-18H2,1-3H3/b27-26+,28-20-. The van der Waals surface area contributed by atoms with Crippen molar-refractivity contribution in [3.05, 3.63) is 101 Å². The van der Waals surface area contributed by atoms with E-state index in [1.165, 1.54) is 22.9 Å². The second kappa shape index (κ2) is 11.1. The Bertz CT molecular complexity index is 1020. The fraction of sp³-hybridized carbons (Fsp3) is 0.222. The first-order chi connectivity index (χ1) is 15.1. The minimum absolute atomic E-state index is 0.655. The molecule has 0 heterocycles. The zero-order chi connectivity index (χ0) is 22.1. The molecule has 0 amide bonds. The van der Waals surface area contributed by atoms with Gasteiger partial charge in [0.2, 0.25) is 0 Å². The highest BCUT2D eigenvalue weighted by Gasteiger charge is 2.13. The Morgan fingerprint density at radius 1 is 0.903 bits per heavy atom. The molecule has 0 atom stereocenters. The Morgan fingerprint density at radius 3 is 2.26 bits per heavy atom. The summed E-state index contributed by atoms with van der Waals surface area (Å²) >= 11 is 0. The molecule has 0 saturated heterocycles. The van der Waals surface area contributed by atoms with E-state index in [-0.39, 0.29) is 0 Å². The van der Waals surface area contributed by atoms with Gasteiger partial charge in [0.05, 0.1) is 6.21 Å². The van der Waals surface area contributed by atoms with E-state index >= 15 is 0 Å². The van der Waals surface area contributed by atoms with Gasteiger partial charge in [-0.25, -0.2) is 0 Å². The number of oxime groups is 1. The smallest absolute Gasteiger partial charge is 0.119 e. The van der Waals surface area contributed by atoms with E-state index in [1.54, 1.807) is 0 Å². The highest BCUT2D eigenvalue weighted by atomic mass is 16.5. The van der Waals surface area contributed by atoms with Gasteiger partial charge in [-0.15, -0.1) is 0 Å². The van der Waals surface area contributed by atoms with Crippen LogP contribution >= 0.6 is 0 Å². The zero-order valence-electron chi connectivity index (χ0n) is 18.5. The Hall–Kier alpha value is -3.37. The lowest BCUT2D eigenvalue weighted by Gasteiger charge is -2.17. The summed E-state index contributed by atoms with van der Waals surface area (Å²) in [5.74, 6) is 0.865. The van der Waals surface area contributed by atoms with Crippen molar-refractivity contribution in [1.29, 1.82) is 0 Å². The molecule has 1 N–H and O–H groups in total. The summed E-state index contributed by atoms with van der Waals surface area (Å²) in [6.45, 7) is 3.71. The molecule has 160 valence electrons. The minimum Gasteiger partial charge on any atom is -0.492 e. The maximum Gasteiger partial charge on any atom is 0.119 e. The summed E-state index contributed by atoms with van der Waals surface area (Å²) < 4.78 is 5.88. The SMILES string of the molecule is CC/C(=C(/c1ccc(OCCN(C)C)cc1)c1cccc(/C=N\O)c1)c1ccccc1. The monoisotopic (exact) mass is 414 g/mol. The Kier molecular flexibility index (Phi) is 8.02. The van der Waals surface area contributed by atoms with Crippen molar-refractivity contribution in [2.75, 3.05) is 27.2 Å². The molecule has 31 heavy (non-hydrogen) atoms. The van der Waals surface area contributed by atoms with E-state index < -0.39 is 0 Å². The molecule has 0 fully saturated rings. The molecule has 0 spiro atoms. The third-order valence-electron chi connectivity index (χ3n) is 5.11. The average molecular weight is 415 g/mol. The molecule has 3 aromatic carbocycles. The van der Waals surface area contributed by atoms with E-state index in [9.17, 15) is 0 Å². The Labute approximate surface area is 185 Å². The van der Waals surface area contributed by atoms with Crippen LogP contribution in [0.25, 0.3) is 11.1 Å². The quantitative estimate of drug-likeness (QED) is 0.208. The lowest BCUT2D eigenvalue weighted by Crippen LogP contribution is -2.19. The van der Waals surface area contributed by atoms with Crippen molar-refractivity contribution in [3.63, 3.8) is 0 Å². The molecule has 0 aliphatic rings. The first-order valence-corrected chi connectivity index (χ1v) is 10.6. The number of ether oxygens (including phenoxy) is 1. The van der Waals surface area contributed by atoms with Gasteiger partial charge in [-0.1, -0.05) is 72.7 Å². The van der Waals surface area contributed by atoms with Crippen LogP contribution in [0.1, 0.15) is 35.6 Å². The molecular weight excluding hydrogens is 384 g/mol. The van der Waals surface area contributed by atoms with E-state index in [0.29, 0.717) is 6.61 Å². The fourth-order valence-corrected chi connectivity index (χ4v) is 3.58. The van der Waals surface area contributed by atoms with Crippen LogP contribution in [0.4, 0.5) is 0 Å². The predicted octanol–water partition coefficient (Wildman–Crippen LogP) is 5.80. The van der Waals surface area contributed by atoms with Crippen LogP contribution in [-0.2, 0) is 0 Å². The van der Waals surface area contributed by atoms with Gasteiger partial charge in [-0.3, -0.25) is 0 Å². The fourth-order valence-electron chi connectivity index (χ4n) is 3.58. The van der Waals surface area contributed by atoms with Gasteiger partial charge in [-0.05, 0) is 72.1 Å². The molecule has 0 unspecified atom stereocenters. The number of likely N-dealkylation sites (N-methyl/N-ethyl adjacent to an activating group) is 1. The molecule has 3 rings (SSSR count). The van der Waals surface area contributed by atoms with Crippen molar-refractivity contribution in [1.82, 2.24) is 4.90 Å². The average Bonchev–Trinajstić information content (AvgIpc) is 2.79. The number of hydrogen-bond acceptors (Lipinski definition) is 4. The summed E-state index contributed by atoms with van der Waals surface area (Å²) in [6, 6.07) is 26.8. The summed E-state index contributed by atoms with van der Waals surface area (Å²) in [5, 5.41) is 12.2. The van der Waals surface area contributed by atoms with Gasteiger partial charge in [-0.2, -0.15) is 0 Å². The molecule has 0 aromatic heterocycles. The predicted molar refractivity (Wildman–Crippen MR) is 129 cm³/mol. The number of nitrogens with zero attached hydrogens (tertiary/aromatic N) is 2. The Morgan fingerprint density at radius 2 is 1.61 bits per heavy atom. The van der Waals surface area contributed by atoms with Gasteiger partial charge >= 0.3 is 0 Å². The lowest BCUT2D eigenvalue weighted by atomic mass is 9.87. The Balaban J connectivity index is 2.06. The highest BCUT2D eigenvalue weighted by molar-refractivity contribution is 5.99. The highest BCUT2D eigenvalue weighted by Crippen LogP contribution is 2.35. The molecule has 0 aliphatic heterocycles. The van der Waals surface area contributed by atoms with E-state index in [1.807, 2.05) is 44.4 Å². The van der Waals surface area contributed by atoms with Crippen LogP contribution in [0.3, 0.4) is 0 Å². The van der Waals surface area contributed by atoms with Crippen molar-refractivity contribution >= 4 is 17.4 Å². The first kappa shape index (κ1) is 22.3. The van der Waals surface area contributed by atoms with Gasteiger partial charge in [0, 0.05) is 6.54 Å². The maximum absolute atomic E-state index is 8.98. The van der Waals surface area contributed by atoms with Gasteiger partial charge in [0.25, 0.3) is 0 Å². The maximum atomic E-state index is 8.98. The summed E-state index contributed by atoms with van der Waals surface area (Å²) in [5.41, 5.74) is 6.69. The summed E-state index contributed by atoms with van der Waals surface area (Å²) in [7, 11) is 4.07. The van der Waals surface area contributed by atoms with Crippen LogP contribution in [0.15, 0.2) is 84.0 Å². The normalized spacial score (nSPS) is 12.3. The number of allylic oxidation sites excluding steroid dienone is 1. The van der Waals surface area contributed by atoms with Crippen molar-refractivity contribution in [2.24, 2.45) is 5.16 Å². The molecule has 0 aliphatic carbocycles. The lowest BCUT2D eigenvalue weighted by molar-refractivity contribution is 0.261. The molecule has 0 bridgehead atoms. The molecule has 3 aromatic rings. The second-order valence-electron chi connectivity index (χ2n) is 7.62. The topological polar surface area (TPSA) is 45.1 Å². The molecule has 0 saturated carbocycles. The van der Waals surface area contributed by atoms with Gasteiger partial charge in [0.1, 0.15) is 12.4 Å². The van der Waals surface area contributed by atoms with Crippen LogP contribution < -0.4 is 4.74 Å². The number of benzene rings is 3. The molecule has 4 heteroatoms. The van der Waals surface area contributed by atoms with Crippen LogP contribution in [0.5, 0.6) is 5.75 Å². The van der Waals surface area contributed by atoms with Crippen molar-refractivity contribution < 1.29 is 9.94 Å². The third-order valence-corrected chi connectivity index (χ3v) is 5.11. The summed E-state index contributed by atoms with van der Waals surface area (Å²) in [6.07, 6.45) is 2.34. The largest absolute Gasteiger partial charge is 0.492 e. The van der Waals surface area contributed by atoms with E-state index in [4.69, 9.17) is 9.94 Å². The number of hydrogen-bond donors (Lipinski definition) is 1. The number of rotatable bonds is 9. The van der Waals surface area contributed by atoms with Crippen molar-refractivity contribution in [2.45, 2.75) is 13.3 Å². The third kappa shape index (κ3) is 6.06. The van der Waals surface area contributed by atoms with Gasteiger partial charge < -0.3 is 14.8 Å². The van der Waals surface area contributed by atoms with Crippen LogP contribution in [0.2, 0.25) is 0 Å². The molecule has 0 radical (unpaired) electrons. The van der Waals surface area contributed by atoms with Crippen LogP contribution in [0, 0.1) is 0 Å². The second-order valence-corrected chi connectivity index (χ2v) is 7.62.